The van der Waals surface area contributed by atoms with Crippen LogP contribution in [0.15, 0.2) is 84.9 Å². The van der Waals surface area contributed by atoms with Crippen molar-refractivity contribution in [1.29, 1.82) is 0 Å². The molecule has 2 amide bonds. The second kappa shape index (κ2) is 9.29. The Morgan fingerprint density at radius 1 is 0.914 bits per heavy atom. The van der Waals surface area contributed by atoms with Gasteiger partial charge in [0, 0.05) is 17.5 Å². The third-order valence-corrected chi connectivity index (χ3v) is 7.39. The van der Waals surface area contributed by atoms with Crippen LogP contribution in [0.3, 0.4) is 0 Å². The van der Waals surface area contributed by atoms with Crippen molar-refractivity contribution in [2.24, 2.45) is 11.8 Å². The van der Waals surface area contributed by atoms with Crippen LogP contribution < -0.4 is 5.32 Å². The highest BCUT2D eigenvalue weighted by molar-refractivity contribution is 6.31. The number of rotatable bonds is 6. The molecule has 5 rings (SSSR count). The molecule has 0 aromatic heterocycles. The van der Waals surface area contributed by atoms with E-state index in [0.29, 0.717) is 10.6 Å². The number of halogens is 1. The van der Waals surface area contributed by atoms with Crippen LogP contribution in [-0.4, -0.2) is 35.3 Å². The SMILES string of the molecule is COC(=O)[C@]1(Cc2ccccc2)N[C@@H](c2ccccc2Cl)[C@H]2C(=O)N(Cc3ccccc3)C(=O)[C@@H]21. The summed E-state index contributed by atoms with van der Waals surface area (Å²) in [5.74, 6) is -3.01. The molecule has 2 heterocycles. The Hall–Kier alpha value is -3.48. The molecule has 3 aromatic carbocycles. The molecule has 0 radical (unpaired) electrons. The van der Waals surface area contributed by atoms with Crippen molar-refractivity contribution < 1.29 is 19.1 Å². The molecule has 7 heteroatoms. The number of nitrogens with zero attached hydrogens (tertiary/aromatic N) is 1. The molecule has 4 atom stereocenters. The Kier molecular flexibility index (Phi) is 6.17. The zero-order valence-electron chi connectivity index (χ0n) is 19.2. The van der Waals surface area contributed by atoms with E-state index in [9.17, 15) is 14.4 Å². The number of fused-ring (bicyclic) bond motifs is 1. The van der Waals surface area contributed by atoms with Gasteiger partial charge in [-0.3, -0.25) is 24.6 Å². The van der Waals surface area contributed by atoms with Gasteiger partial charge in [-0.1, -0.05) is 90.5 Å². The number of carbonyl (C=O) groups excluding carboxylic acids is 3. The molecule has 6 nitrogen and oxygen atoms in total. The van der Waals surface area contributed by atoms with Crippen molar-refractivity contribution in [3.8, 4) is 0 Å². The summed E-state index contributed by atoms with van der Waals surface area (Å²) in [5.41, 5.74) is 0.933. The summed E-state index contributed by atoms with van der Waals surface area (Å²) in [5, 5.41) is 3.84. The van der Waals surface area contributed by atoms with E-state index in [-0.39, 0.29) is 24.8 Å². The van der Waals surface area contributed by atoms with E-state index in [4.69, 9.17) is 16.3 Å². The van der Waals surface area contributed by atoms with Crippen LogP contribution in [0.25, 0.3) is 0 Å². The summed E-state index contributed by atoms with van der Waals surface area (Å²) in [7, 11) is 1.30. The molecule has 2 aliphatic heterocycles. The maximum atomic E-state index is 13.9. The Labute approximate surface area is 208 Å². The second-order valence-corrected chi connectivity index (χ2v) is 9.43. The highest BCUT2D eigenvalue weighted by atomic mass is 35.5. The van der Waals surface area contributed by atoms with Gasteiger partial charge < -0.3 is 4.74 Å². The molecule has 2 aliphatic rings. The molecule has 178 valence electrons. The van der Waals surface area contributed by atoms with Gasteiger partial charge in [0.25, 0.3) is 0 Å². The Morgan fingerprint density at radius 3 is 2.14 bits per heavy atom. The number of likely N-dealkylation sites (tertiary alicyclic amines) is 1. The van der Waals surface area contributed by atoms with E-state index < -0.39 is 29.4 Å². The van der Waals surface area contributed by atoms with E-state index in [2.05, 4.69) is 5.32 Å². The smallest absolute Gasteiger partial charge is 0.327 e. The number of esters is 1. The molecule has 3 aromatic rings. The average Bonchev–Trinajstić information content (AvgIpc) is 3.34. The number of nitrogens with one attached hydrogen (secondary N) is 1. The van der Waals surface area contributed by atoms with E-state index in [1.54, 1.807) is 12.1 Å². The van der Waals surface area contributed by atoms with Crippen LogP contribution in [0.1, 0.15) is 22.7 Å². The van der Waals surface area contributed by atoms with Crippen molar-refractivity contribution >= 4 is 29.4 Å². The van der Waals surface area contributed by atoms with Crippen molar-refractivity contribution in [3.05, 3.63) is 107 Å². The minimum atomic E-state index is -1.43. The Balaban J connectivity index is 1.64. The summed E-state index contributed by atoms with van der Waals surface area (Å²) in [6.07, 6.45) is 0.195. The largest absolute Gasteiger partial charge is 0.468 e. The predicted octanol–water partition coefficient (Wildman–Crippen LogP) is 3.94. The first kappa shape index (κ1) is 23.3. The molecule has 0 aliphatic carbocycles. The number of hydrogen-bond donors (Lipinski definition) is 1. The monoisotopic (exact) mass is 488 g/mol. The first-order valence-electron chi connectivity index (χ1n) is 11.5. The molecule has 0 spiro atoms. The quantitative estimate of drug-likeness (QED) is 0.420. The topological polar surface area (TPSA) is 75.7 Å². The van der Waals surface area contributed by atoms with Crippen LogP contribution in [-0.2, 0) is 32.1 Å². The van der Waals surface area contributed by atoms with Crippen LogP contribution in [0.4, 0.5) is 0 Å². The molecule has 2 saturated heterocycles. The second-order valence-electron chi connectivity index (χ2n) is 9.02. The number of benzene rings is 3. The summed E-state index contributed by atoms with van der Waals surface area (Å²) < 4.78 is 5.25. The highest BCUT2D eigenvalue weighted by Gasteiger charge is 2.68. The first-order chi connectivity index (χ1) is 17.0. The van der Waals surface area contributed by atoms with Crippen molar-refractivity contribution in [1.82, 2.24) is 10.2 Å². The zero-order valence-corrected chi connectivity index (χ0v) is 19.9. The molecule has 35 heavy (non-hydrogen) atoms. The van der Waals surface area contributed by atoms with Crippen LogP contribution in [0.2, 0.25) is 5.02 Å². The first-order valence-corrected chi connectivity index (χ1v) is 11.9. The zero-order chi connectivity index (χ0) is 24.6. The van der Waals surface area contributed by atoms with Crippen molar-refractivity contribution in [2.45, 2.75) is 24.5 Å². The maximum Gasteiger partial charge on any atom is 0.327 e. The standard InChI is InChI=1S/C28H25ClN2O4/c1-35-27(34)28(16-18-10-4-2-5-11-18)23-22(24(30-28)20-14-8-9-15-21(20)29)25(32)31(26(23)33)17-19-12-6-3-7-13-19/h2-15,22-24,30H,16-17H2,1H3/t22-,23+,24-,28+/m0/s1. The van der Waals surface area contributed by atoms with Gasteiger partial charge in [0.1, 0.15) is 5.54 Å². The predicted molar refractivity (Wildman–Crippen MR) is 131 cm³/mol. The molecule has 1 N–H and O–H groups in total. The number of hydrogen-bond acceptors (Lipinski definition) is 5. The number of amides is 2. The minimum Gasteiger partial charge on any atom is -0.468 e. The van der Waals surface area contributed by atoms with E-state index in [1.165, 1.54) is 12.0 Å². The minimum absolute atomic E-state index is 0.142. The van der Waals surface area contributed by atoms with Gasteiger partial charge in [-0.15, -0.1) is 0 Å². The van der Waals surface area contributed by atoms with Gasteiger partial charge >= 0.3 is 5.97 Å². The summed E-state index contributed by atoms with van der Waals surface area (Å²) >= 11 is 6.55. The molecule has 0 bridgehead atoms. The number of methoxy groups -OCH3 is 1. The van der Waals surface area contributed by atoms with Gasteiger partial charge in [-0.2, -0.15) is 0 Å². The van der Waals surface area contributed by atoms with Gasteiger partial charge in [0.15, 0.2) is 0 Å². The van der Waals surface area contributed by atoms with Crippen LogP contribution in [0.5, 0.6) is 0 Å². The van der Waals surface area contributed by atoms with E-state index >= 15 is 0 Å². The van der Waals surface area contributed by atoms with Gasteiger partial charge in [-0.05, 0) is 22.8 Å². The van der Waals surface area contributed by atoms with Gasteiger partial charge in [-0.25, -0.2) is 0 Å². The fourth-order valence-electron chi connectivity index (χ4n) is 5.50. The van der Waals surface area contributed by atoms with Crippen LogP contribution in [0, 0.1) is 11.8 Å². The number of ether oxygens (including phenoxy) is 1. The number of imide groups is 1. The lowest BCUT2D eigenvalue weighted by Gasteiger charge is -2.32. The Morgan fingerprint density at radius 2 is 1.51 bits per heavy atom. The normalized spacial score (nSPS) is 25.5. The lowest BCUT2D eigenvalue weighted by Crippen LogP contribution is -2.57. The molecular weight excluding hydrogens is 464 g/mol. The lowest BCUT2D eigenvalue weighted by atomic mass is 9.76. The third-order valence-electron chi connectivity index (χ3n) is 7.04. The van der Waals surface area contributed by atoms with Gasteiger partial charge in [0.05, 0.1) is 25.5 Å². The molecular formula is C28H25ClN2O4. The molecule has 2 fully saturated rings. The van der Waals surface area contributed by atoms with Crippen molar-refractivity contribution in [2.75, 3.05) is 7.11 Å². The number of carbonyl (C=O) groups is 3. The van der Waals surface area contributed by atoms with E-state index in [1.807, 2.05) is 72.8 Å². The van der Waals surface area contributed by atoms with E-state index in [0.717, 1.165) is 11.1 Å². The Bertz CT molecular complexity index is 1270. The fourth-order valence-corrected chi connectivity index (χ4v) is 5.75. The van der Waals surface area contributed by atoms with Crippen LogP contribution >= 0.6 is 11.6 Å². The molecule has 0 saturated carbocycles. The lowest BCUT2D eigenvalue weighted by molar-refractivity contribution is -0.154. The summed E-state index contributed by atoms with van der Waals surface area (Å²) in [6, 6.07) is 25.4. The fraction of sp³-hybridized carbons (Fsp3) is 0.250. The average molecular weight is 489 g/mol. The molecule has 0 unspecified atom stereocenters. The third kappa shape index (κ3) is 3.93. The summed E-state index contributed by atoms with van der Waals surface area (Å²) in [4.78, 5) is 42.5. The maximum absolute atomic E-state index is 13.9. The highest BCUT2D eigenvalue weighted by Crippen LogP contribution is 2.51. The van der Waals surface area contributed by atoms with Gasteiger partial charge in [0.2, 0.25) is 11.8 Å². The summed E-state index contributed by atoms with van der Waals surface area (Å²) in [6.45, 7) is 0.142. The van der Waals surface area contributed by atoms with Crippen molar-refractivity contribution in [3.63, 3.8) is 0 Å².